The Bertz CT molecular complexity index is 548. The number of nitrogens with one attached hydrogen (secondary N) is 1. The van der Waals surface area contributed by atoms with Crippen LogP contribution < -0.4 is 5.32 Å². The smallest absolute Gasteiger partial charge is 0.0511 e. The summed E-state index contributed by atoms with van der Waals surface area (Å²) in [6, 6.07) is 17.6. The highest BCUT2D eigenvalue weighted by atomic mass is 16.5. The largest absolute Gasteiger partial charge is 0.384 e. The fraction of sp³-hybridized carbons (Fsp3) is 0.368. The van der Waals surface area contributed by atoms with E-state index in [1.807, 2.05) is 0 Å². The molecule has 2 aromatic rings. The highest BCUT2D eigenvalue weighted by Crippen LogP contribution is 2.25. The maximum Gasteiger partial charge on any atom is 0.0511 e. The van der Waals surface area contributed by atoms with E-state index >= 15 is 0 Å². The van der Waals surface area contributed by atoms with Gasteiger partial charge in [0.2, 0.25) is 0 Å². The van der Waals surface area contributed by atoms with E-state index in [1.165, 1.54) is 22.4 Å². The Kier molecular flexibility index (Phi) is 5.82. The van der Waals surface area contributed by atoms with Crippen LogP contribution in [0.3, 0.4) is 0 Å². The van der Waals surface area contributed by atoms with Gasteiger partial charge < -0.3 is 10.1 Å². The second-order valence-electron chi connectivity index (χ2n) is 5.42. The van der Waals surface area contributed by atoms with Gasteiger partial charge in [-0.3, -0.25) is 0 Å². The molecule has 0 aliphatic heterocycles. The number of para-hydroxylation sites is 1. The lowest BCUT2D eigenvalue weighted by molar-refractivity contribution is 0.202. The van der Waals surface area contributed by atoms with Gasteiger partial charge >= 0.3 is 0 Å². The highest BCUT2D eigenvalue weighted by molar-refractivity contribution is 5.53. The van der Waals surface area contributed by atoms with Gasteiger partial charge in [-0.05, 0) is 37.0 Å². The van der Waals surface area contributed by atoms with Crippen LogP contribution in [0.1, 0.15) is 36.1 Å². The predicted molar refractivity (Wildman–Crippen MR) is 89.9 cm³/mol. The lowest BCUT2D eigenvalue weighted by Crippen LogP contribution is -2.11. The highest BCUT2D eigenvalue weighted by Gasteiger charge is 2.11. The molecule has 0 amide bonds. The first-order valence-electron chi connectivity index (χ1n) is 7.64. The van der Waals surface area contributed by atoms with Crippen molar-refractivity contribution in [1.82, 2.24) is 0 Å². The molecule has 21 heavy (non-hydrogen) atoms. The molecular weight excluding hydrogens is 258 g/mol. The fourth-order valence-electron chi connectivity index (χ4n) is 2.50. The zero-order valence-corrected chi connectivity index (χ0v) is 13.2. The van der Waals surface area contributed by atoms with E-state index in [0.29, 0.717) is 6.04 Å². The fourth-order valence-corrected chi connectivity index (χ4v) is 2.50. The van der Waals surface area contributed by atoms with E-state index in [9.17, 15) is 0 Å². The minimum Gasteiger partial charge on any atom is -0.384 e. The van der Waals surface area contributed by atoms with Crippen molar-refractivity contribution in [2.45, 2.75) is 32.7 Å². The first kappa shape index (κ1) is 15.6. The van der Waals surface area contributed by atoms with Gasteiger partial charge in [-0.1, -0.05) is 55.0 Å². The number of anilines is 1. The van der Waals surface area contributed by atoms with Crippen molar-refractivity contribution in [3.05, 3.63) is 65.2 Å². The minimum atomic E-state index is 0.342. The van der Waals surface area contributed by atoms with Gasteiger partial charge in [0.25, 0.3) is 0 Å². The quantitative estimate of drug-likeness (QED) is 0.792. The second-order valence-corrected chi connectivity index (χ2v) is 5.42. The average Bonchev–Trinajstić information content (AvgIpc) is 2.52. The van der Waals surface area contributed by atoms with Gasteiger partial charge in [0, 0.05) is 12.8 Å². The molecule has 112 valence electrons. The van der Waals surface area contributed by atoms with Crippen LogP contribution in [0, 0.1) is 6.92 Å². The predicted octanol–water partition coefficient (Wildman–Crippen LogP) is 4.75. The first-order valence-corrected chi connectivity index (χ1v) is 7.64. The zero-order valence-electron chi connectivity index (χ0n) is 13.2. The minimum absolute atomic E-state index is 0.342. The number of hydrogen-bond acceptors (Lipinski definition) is 2. The summed E-state index contributed by atoms with van der Waals surface area (Å²) in [6.07, 6.45) is 1.99. The SMILES string of the molecule is CCC(Nc1ccccc1CCOC)c1ccc(C)cc1. The Hall–Kier alpha value is -1.80. The molecule has 2 aromatic carbocycles. The number of ether oxygens (including phenoxy) is 1. The van der Waals surface area contributed by atoms with Crippen LogP contribution in [0.15, 0.2) is 48.5 Å². The van der Waals surface area contributed by atoms with Crippen molar-refractivity contribution in [1.29, 1.82) is 0 Å². The summed E-state index contributed by atoms with van der Waals surface area (Å²) in [6.45, 7) is 5.09. The van der Waals surface area contributed by atoms with Crippen LogP contribution in [-0.2, 0) is 11.2 Å². The Morgan fingerprint density at radius 1 is 1.05 bits per heavy atom. The number of aryl methyl sites for hydroxylation is 1. The number of benzene rings is 2. The van der Waals surface area contributed by atoms with Gasteiger partial charge in [-0.15, -0.1) is 0 Å². The third-order valence-electron chi connectivity index (χ3n) is 3.81. The third kappa shape index (κ3) is 4.33. The average molecular weight is 283 g/mol. The molecule has 0 spiro atoms. The van der Waals surface area contributed by atoms with Crippen molar-refractivity contribution >= 4 is 5.69 Å². The van der Waals surface area contributed by atoms with Crippen molar-refractivity contribution in [2.24, 2.45) is 0 Å². The number of methoxy groups -OCH3 is 1. The Morgan fingerprint density at radius 2 is 1.76 bits per heavy atom. The normalized spacial score (nSPS) is 12.1. The topological polar surface area (TPSA) is 21.3 Å². The first-order chi connectivity index (χ1) is 10.2. The van der Waals surface area contributed by atoms with Crippen LogP contribution >= 0.6 is 0 Å². The summed E-state index contributed by atoms with van der Waals surface area (Å²) in [7, 11) is 1.75. The molecule has 0 heterocycles. The Morgan fingerprint density at radius 3 is 2.43 bits per heavy atom. The summed E-state index contributed by atoms with van der Waals surface area (Å²) in [5.74, 6) is 0. The molecule has 0 aliphatic rings. The Balaban J connectivity index is 2.16. The molecule has 2 heteroatoms. The molecular formula is C19H25NO. The van der Waals surface area contributed by atoms with E-state index < -0.39 is 0 Å². The zero-order chi connectivity index (χ0) is 15.1. The Labute approximate surface area is 128 Å². The van der Waals surface area contributed by atoms with Crippen molar-refractivity contribution < 1.29 is 4.74 Å². The molecule has 0 aromatic heterocycles. The molecule has 1 unspecified atom stereocenters. The van der Waals surface area contributed by atoms with Crippen molar-refractivity contribution in [3.63, 3.8) is 0 Å². The maximum atomic E-state index is 5.20. The van der Waals surface area contributed by atoms with Gasteiger partial charge in [0.05, 0.1) is 12.6 Å². The molecule has 2 nitrogen and oxygen atoms in total. The van der Waals surface area contributed by atoms with E-state index in [2.05, 4.69) is 67.7 Å². The van der Waals surface area contributed by atoms with Gasteiger partial charge in [0.1, 0.15) is 0 Å². The molecule has 1 atom stereocenters. The summed E-state index contributed by atoms with van der Waals surface area (Å²) >= 11 is 0. The number of rotatable bonds is 7. The van der Waals surface area contributed by atoms with E-state index in [4.69, 9.17) is 4.74 Å². The van der Waals surface area contributed by atoms with Gasteiger partial charge in [-0.25, -0.2) is 0 Å². The lowest BCUT2D eigenvalue weighted by Gasteiger charge is -2.21. The van der Waals surface area contributed by atoms with Crippen molar-refractivity contribution in [2.75, 3.05) is 19.0 Å². The van der Waals surface area contributed by atoms with Crippen LogP contribution in [0.5, 0.6) is 0 Å². The molecule has 0 bridgehead atoms. The van der Waals surface area contributed by atoms with E-state index in [-0.39, 0.29) is 0 Å². The summed E-state index contributed by atoms with van der Waals surface area (Å²) in [5, 5.41) is 3.69. The van der Waals surface area contributed by atoms with Crippen LogP contribution in [-0.4, -0.2) is 13.7 Å². The molecule has 0 fully saturated rings. The van der Waals surface area contributed by atoms with Gasteiger partial charge in [-0.2, -0.15) is 0 Å². The molecule has 0 saturated carbocycles. The van der Waals surface area contributed by atoms with E-state index in [0.717, 1.165) is 19.4 Å². The number of hydrogen-bond donors (Lipinski definition) is 1. The van der Waals surface area contributed by atoms with Crippen LogP contribution in [0.4, 0.5) is 5.69 Å². The van der Waals surface area contributed by atoms with E-state index in [1.54, 1.807) is 7.11 Å². The molecule has 0 radical (unpaired) electrons. The second kappa shape index (κ2) is 7.84. The van der Waals surface area contributed by atoms with Gasteiger partial charge in [0.15, 0.2) is 0 Å². The molecule has 2 rings (SSSR count). The third-order valence-corrected chi connectivity index (χ3v) is 3.81. The summed E-state index contributed by atoms with van der Waals surface area (Å²) in [4.78, 5) is 0. The summed E-state index contributed by atoms with van der Waals surface area (Å²) in [5.41, 5.74) is 5.16. The molecule has 0 aliphatic carbocycles. The standard InChI is InChI=1S/C19H25NO/c1-4-18(17-11-9-15(2)10-12-17)20-19-8-6-5-7-16(19)13-14-21-3/h5-12,18,20H,4,13-14H2,1-3H3. The van der Waals surface area contributed by atoms with Crippen LogP contribution in [0.25, 0.3) is 0 Å². The summed E-state index contributed by atoms with van der Waals surface area (Å²) < 4.78 is 5.20. The monoisotopic (exact) mass is 283 g/mol. The van der Waals surface area contributed by atoms with Crippen molar-refractivity contribution in [3.8, 4) is 0 Å². The maximum absolute atomic E-state index is 5.20. The molecule has 0 saturated heterocycles. The van der Waals surface area contributed by atoms with Crippen LogP contribution in [0.2, 0.25) is 0 Å². The molecule has 1 N–H and O–H groups in total. The lowest BCUT2D eigenvalue weighted by atomic mass is 10.0.